The van der Waals surface area contributed by atoms with Gasteiger partial charge in [-0.1, -0.05) is 0 Å². The molecule has 2 aromatic rings. The quantitative estimate of drug-likeness (QED) is 0.252. The van der Waals surface area contributed by atoms with Crippen LogP contribution >= 0.6 is 0 Å². The summed E-state index contributed by atoms with van der Waals surface area (Å²) >= 11 is -3.89. The summed E-state index contributed by atoms with van der Waals surface area (Å²) in [6.45, 7) is 17.4. The molecule has 2 fully saturated rings. The molecule has 2 heteroatoms. The molecule has 40 heavy (non-hydrogen) atoms. The Morgan fingerprint density at radius 1 is 0.725 bits per heavy atom. The standard InChI is InChI=1S/C21H25.2C6H11.C5H5.H2Si.Zr/c1-20(2,3)16-7-9-18-14(12-16)11-15-13-17(21(4,5)6)8-10-19(15)18;2*1-2-4-6-5-3-1;1-2-4-5-3-1;;/h7-10,12H,11H2,1-6H3;2*1H,2-6H2;1-3H,4H2;1H2;. The molecule has 2 saturated carbocycles. The van der Waals surface area contributed by atoms with Gasteiger partial charge in [-0.25, -0.2) is 0 Å². The Kier molecular flexibility index (Phi) is 7.52. The molecule has 0 heterocycles. The third-order valence-electron chi connectivity index (χ3n) is 11.9. The molecule has 0 bridgehead atoms. The van der Waals surface area contributed by atoms with Gasteiger partial charge in [-0.3, -0.25) is 0 Å². The predicted molar refractivity (Wildman–Crippen MR) is 176 cm³/mol. The maximum atomic E-state index is 2.72. The van der Waals surface area contributed by atoms with Gasteiger partial charge in [-0.2, -0.15) is 0 Å². The van der Waals surface area contributed by atoms with Crippen molar-refractivity contribution in [3.63, 3.8) is 0 Å². The molecular formula is C38H54SiZr. The first kappa shape index (κ1) is 29.1. The Hall–Kier alpha value is -0.980. The van der Waals surface area contributed by atoms with Gasteiger partial charge in [0, 0.05) is 0 Å². The van der Waals surface area contributed by atoms with E-state index < -0.39 is 17.4 Å². The Bertz CT molecular complexity index is 1400. The molecule has 4 aliphatic carbocycles. The molecular weight excluding hydrogens is 576 g/mol. The molecule has 0 amide bonds. The minimum absolute atomic E-state index is 0.154. The SMILES string of the molecule is CC(C)(C)c1ccc2c(c1)Cc1c-2ccc(C(C)(C)C)[c]1[Zr](=[SiH2])([C]1=CC=CC1)([CH]1CCCCC1)[CH]1CCCCC1. The van der Waals surface area contributed by atoms with E-state index in [1.807, 2.05) is 6.55 Å². The zero-order chi connectivity index (χ0) is 28.4. The molecule has 2 aromatic carbocycles. The van der Waals surface area contributed by atoms with Crippen molar-refractivity contribution in [3.8, 4) is 11.1 Å². The van der Waals surface area contributed by atoms with E-state index in [-0.39, 0.29) is 10.8 Å². The number of benzene rings is 2. The summed E-state index contributed by atoms with van der Waals surface area (Å²) in [5.74, 6) is 0. The van der Waals surface area contributed by atoms with Crippen molar-refractivity contribution in [1.29, 1.82) is 0 Å². The molecule has 0 nitrogen and oxygen atoms in total. The fraction of sp³-hybridized carbons (Fsp3) is 0.579. The van der Waals surface area contributed by atoms with Crippen LogP contribution in [0, 0.1) is 0 Å². The van der Waals surface area contributed by atoms with Crippen molar-refractivity contribution in [1.82, 2.24) is 0 Å². The fourth-order valence-electron chi connectivity index (χ4n) is 9.88. The second-order valence-corrected chi connectivity index (χ2v) is 40.0. The third kappa shape index (κ3) is 4.44. The average molecular weight is 630 g/mol. The van der Waals surface area contributed by atoms with E-state index in [1.165, 1.54) is 81.8 Å². The first-order valence-electron chi connectivity index (χ1n) is 16.6. The normalized spacial score (nSPS) is 20.9. The van der Waals surface area contributed by atoms with Crippen molar-refractivity contribution < 1.29 is 17.4 Å². The van der Waals surface area contributed by atoms with Crippen molar-refractivity contribution in [2.45, 2.75) is 137 Å². The van der Waals surface area contributed by atoms with Crippen LogP contribution in [0.1, 0.15) is 134 Å². The van der Waals surface area contributed by atoms with Crippen LogP contribution in [-0.4, -0.2) is 6.88 Å². The van der Waals surface area contributed by atoms with Crippen molar-refractivity contribution in [2.75, 3.05) is 0 Å². The number of rotatable bonds is 4. The molecule has 214 valence electrons. The summed E-state index contributed by atoms with van der Waals surface area (Å²) < 4.78 is 5.82. The number of hydrogen-bond donors (Lipinski definition) is 0. The second-order valence-electron chi connectivity index (χ2n) is 16.2. The second kappa shape index (κ2) is 10.3. The number of hydrogen-bond acceptors (Lipinski definition) is 0. The van der Waals surface area contributed by atoms with Gasteiger partial charge in [0.2, 0.25) is 0 Å². The van der Waals surface area contributed by atoms with Gasteiger partial charge in [0.25, 0.3) is 0 Å². The van der Waals surface area contributed by atoms with Crippen LogP contribution in [-0.2, 0) is 34.6 Å². The Labute approximate surface area is 248 Å². The number of allylic oxidation sites excluding steroid dienone is 4. The van der Waals surface area contributed by atoms with E-state index in [9.17, 15) is 0 Å². The van der Waals surface area contributed by atoms with Gasteiger partial charge in [0.05, 0.1) is 0 Å². The molecule has 0 aromatic heterocycles. The minimum atomic E-state index is -3.89. The Morgan fingerprint density at radius 2 is 1.32 bits per heavy atom. The summed E-state index contributed by atoms with van der Waals surface area (Å²) in [6.07, 6.45) is 24.7. The molecule has 0 N–H and O–H groups in total. The van der Waals surface area contributed by atoms with Gasteiger partial charge in [-0.05, 0) is 0 Å². The maximum absolute atomic E-state index is 3.89. The van der Waals surface area contributed by atoms with Crippen LogP contribution in [0.15, 0.2) is 51.8 Å². The van der Waals surface area contributed by atoms with E-state index >= 15 is 0 Å². The molecule has 0 radical (unpaired) electrons. The van der Waals surface area contributed by atoms with E-state index in [4.69, 9.17) is 0 Å². The first-order chi connectivity index (χ1) is 18.9. The molecule has 6 rings (SSSR count). The molecule has 4 aliphatic rings. The van der Waals surface area contributed by atoms with Crippen LogP contribution in [0.3, 0.4) is 0 Å². The van der Waals surface area contributed by atoms with Crippen molar-refractivity contribution >= 4 is 10.2 Å². The van der Waals surface area contributed by atoms with E-state index in [1.54, 1.807) is 22.3 Å². The predicted octanol–water partition coefficient (Wildman–Crippen LogP) is 10.1. The van der Waals surface area contributed by atoms with Gasteiger partial charge in [0.1, 0.15) is 0 Å². The molecule has 0 saturated heterocycles. The van der Waals surface area contributed by atoms with Gasteiger partial charge in [-0.15, -0.1) is 0 Å². The molecule has 0 unspecified atom stereocenters. The zero-order valence-corrected chi connectivity index (χ0v) is 30.3. The topological polar surface area (TPSA) is 0 Å². The molecule has 0 aliphatic heterocycles. The van der Waals surface area contributed by atoms with Crippen LogP contribution in [0.25, 0.3) is 11.1 Å². The van der Waals surface area contributed by atoms with Gasteiger partial charge < -0.3 is 0 Å². The molecule has 0 spiro atoms. The van der Waals surface area contributed by atoms with Gasteiger partial charge in [0.15, 0.2) is 0 Å². The van der Waals surface area contributed by atoms with Crippen LogP contribution < -0.4 is 3.27 Å². The Morgan fingerprint density at radius 3 is 1.85 bits per heavy atom. The number of fused-ring (bicyclic) bond motifs is 3. The fourth-order valence-corrected chi connectivity index (χ4v) is 41.8. The molecule has 0 atom stereocenters. The monoisotopic (exact) mass is 628 g/mol. The summed E-state index contributed by atoms with van der Waals surface area (Å²) in [5, 5.41) is 0. The third-order valence-corrected chi connectivity index (χ3v) is 44.5. The summed E-state index contributed by atoms with van der Waals surface area (Å²) in [4.78, 5) is 0. The van der Waals surface area contributed by atoms with Crippen LogP contribution in [0.4, 0.5) is 0 Å². The summed E-state index contributed by atoms with van der Waals surface area (Å²) in [7, 11) is 0. The zero-order valence-electron chi connectivity index (χ0n) is 26.5. The average Bonchev–Trinajstić information content (AvgIpc) is 3.61. The summed E-state index contributed by atoms with van der Waals surface area (Å²) in [5.41, 5.74) is 10.0. The van der Waals surface area contributed by atoms with Crippen LogP contribution in [0.2, 0.25) is 7.25 Å². The van der Waals surface area contributed by atoms with E-state index in [2.05, 4.69) is 97.0 Å². The van der Waals surface area contributed by atoms with Crippen LogP contribution in [0.5, 0.6) is 0 Å². The van der Waals surface area contributed by atoms with Gasteiger partial charge >= 0.3 is 249 Å². The summed E-state index contributed by atoms with van der Waals surface area (Å²) in [6, 6.07) is 12.7. The van der Waals surface area contributed by atoms with E-state index in [0.29, 0.717) is 0 Å². The van der Waals surface area contributed by atoms with E-state index in [0.717, 1.165) is 13.7 Å². The Balaban J connectivity index is 1.70. The van der Waals surface area contributed by atoms with Crippen molar-refractivity contribution in [3.05, 3.63) is 74.1 Å². The first-order valence-corrected chi connectivity index (χ1v) is 27.9. The van der Waals surface area contributed by atoms with Crippen molar-refractivity contribution in [2.24, 2.45) is 0 Å².